The summed E-state index contributed by atoms with van der Waals surface area (Å²) in [5.74, 6) is -1.45. The molecule has 7 heteroatoms. The Morgan fingerprint density at radius 1 is 1.13 bits per heavy atom. The maximum absolute atomic E-state index is 12.6. The number of pyridine rings is 1. The van der Waals surface area contributed by atoms with Gasteiger partial charge in [-0.15, -0.1) is 0 Å². The third-order valence-corrected chi connectivity index (χ3v) is 5.71. The van der Waals surface area contributed by atoms with Gasteiger partial charge in [-0.3, -0.25) is 19.8 Å². The fraction of sp³-hybridized carbons (Fsp3) is 0.292. The number of amides is 2. The molecule has 31 heavy (non-hydrogen) atoms. The van der Waals surface area contributed by atoms with Gasteiger partial charge >= 0.3 is 0 Å². The van der Waals surface area contributed by atoms with Gasteiger partial charge in [0.15, 0.2) is 0 Å². The Hall–Kier alpha value is -3.29. The largest absolute Gasteiger partial charge is 0.378 e. The van der Waals surface area contributed by atoms with E-state index in [0.29, 0.717) is 5.56 Å². The molecule has 3 N–H and O–H groups in total. The SMILES string of the molecule is Cc1cc(Cc2ccc(C(=O)N[C@@H]3COC[C@@H]3C(=O)NO)cc2)c2cccc(C)c2n1. The van der Waals surface area contributed by atoms with Crippen molar-refractivity contribution in [3.8, 4) is 0 Å². The number of hydrogen-bond acceptors (Lipinski definition) is 5. The predicted molar refractivity (Wildman–Crippen MR) is 116 cm³/mol. The Bertz CT molecular complexity index is 1130. The molecule has 1 aliphatic rings. The molecular weight excluding hydrogens is 394 g/mol. The van der Waals surface area contributed by atoms with Crippen LogP contribution in [0.15, 0.2) is 48.5 Å². The fourth-order valence-electron chi connectivity index (χ4n) is 4.03. The molecule has 0 unspecified atom stereocenters. The Morgan fingerprint density at radius 2 is 1.90 bits per heavy atom. The van der Waals surface area contributed by atoms with E-state index in [4.69, 9.17) is 9.94 Å². The van der Waals surface area contributed by atoms with E-state index in [2.05, 4.69) is 35.4 Å². The number of nitrogens with one attached hydrogen (secondary N) is 2. The molecule has 2 aromatic carbocycles. The van der Waals surface area contributed by atoms with E-state index < -0.39 is 17.9 Å². The summed E-state index contributed by atoms with van der Waals surface area (Å²) in [4.78, 5) is 29.0. The summed E-state index contributed by atoms with van der Waals surface area (Å²) in [6.45, 7) is 4.46. The molecule has 2 atom stereocenters. The topological polar surface area (TPSA) is 101 Å². The van der Waals surface area contributed by atoms with Gasteiger partial charge in [0.2, 0.25) is 0 Å². The van der Waals surface area contributed by atoms with Gasteiger partial charge < -0.3 is 10.1 Å². The number of para-hydroxylation sites is 1. The van der Waals surface area contributed by atoms with Crippen molar-refractivity contribution in [2.45, 2.75) is 26.3 Å². The van der Waals surface area contributed by atoms with Crippen LogP contribution in [0.25, 0.3) is 10.9 Å². The summed E-state index contributed by atoms with van der Waals surface area (Å²) < 4.78 is 5.28. The second-order valence-corrected chi connectivity index (χ2v) is 7.97. The molecule has 1 saturated heterocycles. The molecule has 1 aromatic heterocycles. The van der Waals surface area contributed by atoms with Gasteiger partial charge in [-0.25, -0.2) is 5.48 Å². The lowest BCUT2D eigenvalue weighted by Gasteiger charge is -2.17. The highest BCUT2D eigenvalue weighted by molar-refractivity contribution is 5.95. The Balaban J connectivity index is 1.49. The van der Waals surface area contributed by atoms with E-state index in [-0.39, 0.29) is 19.1 Å². The number of benzene rings is 2. The van der Waals surface area contributed by atoms with Crippen molar-refractivity contribution in [1.82, 2.24) is 15.8 Å². The van der Waals surface area contributed by atoms with Gasteiger partial charge in [0.05, 0.1) is 30.7 Å². The van der Waals surface area contributed by atoms with Crippen molar-refractivity contribution in [3.05, 3.63) is 76.5 Å². The van der Waals surface area contributed by atoms with Gasteiger partial charge in [-0.05, 0) is 55.2 Å². The molecule has 4 rings (SSSR count). The zero-order chi connectivity index (χ0) is 22.0. The summed E-state index contributed by atoms with van der Waals surface area (Å²) in [5, 5.41) is 12.8. The van der Waals surface area contributed by atoms with Crippen LogP contribution in [0.4, 0.5) is 0 Å². The first-order chi connectivity index (χ1) is 15.0. The Morgan fingerprint density at radius 3 is 2.65 bits per heavy atom. The lowest BCUT2D eigenvalue weighted by atomic mass is 9.98. The number of hydroxylamine groups is 1. The van der Waals surface area contributed by atoms with Crippen LogP contribution in [0.5, 0.6) is 0 Å². The Kier molecular flexibility index (Phi) is 5.97. The second kappa shape index (κ2) is 8.83. The minimum absolute atomic E-state index is 0.162. The van der Waals surface area contributed by atoms with Crippen molar-refractivity contribution in [2.75, 3.05) is 13.2 Å². The van der Waals surface area contributed by atoms with Crippen LogP contribution in [-0.4, -0.2) is 41.3 Å². The van der Waals surface area contributed by atoms with Gasteiger partial charge in [0, 0.05) is 16.6 Å². The number of aromatic nitrogens is 1. The second-order valence-electron chi connectivity index (χ2n) is 7.97. The van der Waals surface area contributed by atoms with Gasteiger partial charge in [-0.1, -0.05) is 30.3 Å². The smallest absolute Gasteiger partial charge is 0.251 e. The van der Waals surface area contributed by atoms with Crippen LogP contribution in [0.1, 0.15) is 32.7 Å². The lowest BCUT2D eigenvalue weighted by Crippen LogP contribution is -2.45. The minimum Gasteiger partial charge on any atom is -0.378 e. The van der Waals surface area contributed by atoms with Crippen molar-refractivity contribution >= 4 is 22.7 Å². The molecule has 2 amide bonds. The number of hydrogen-bond donors (Lipinski definition) is 3. The molecule has 1 aliphatic heterocycles. The van der Waals surface area contributed by atoms with Crippen molar-refractivity contribution in [1.29, 1.82) is 0 Å². The summed E-state index contributed by atoms with van der Waals surface area (Å²) in [6.07, 6.45) is 0.737. The normalized spacial score (nSPS) is 18.2. The number of nitrogens with zero attached hydrogens (tertiary/aromatic N) is 1. The zero-order valence-corrected chi connectivity index (χ0v) is 17.5. The Labute approximate surface area is 180 Å². The maximum Gasteiger partial charge on any atom is 0.251 e. The van der Waals surface area contributed by atoms with E-state index in [1.807, 2.05) is 25.1 Å². The number of carbonyl (C=O) groups is 2. The van der Waals surface area contributed by atoms with E-state index in [1.165, 1.54) is 5.56 Å². The van der Waals surface area contributed by atoms with Crippen LogP contribution in [0.3, 0.4) is 0 Å². The molecule has 7 nitrogen and oxygen atoms in total. The van der Waals surface area contributed by atoms with Crippen molar-refractivity contribution in [3.63, 3.8) is 0 Å². The lowest BCUT2D eigenvalue weighted by molar-refractivity contribution is -0.133. The number of fused-ring (bicyclic) bond motifs is 1. The summed E-state index contributed by atoms with van der Waals surface area (Å²) in [5.41, 5.74) is 7.57. The van der Waals surface area contributed by atoms with E-state index in [0.717, 1.165) is 34.1 Å². The highest BCUT2D eigenvalue weighted by Crippen LogP contribution is 2.24. The third-order valence-electron chi connectivity index (χ3n) is 5.71. The molecule has 0 saturated carbocycles. The molecule has 0 bridgehead atoms. The number of aryl methyl sites for hydroxylation is 2. The average molecular weight is 419 g/mol. The number of carbonyl (C=O) groups excluding carboxylic acids is 2. The summed E-state index contributed by atoms with van der Waals surface area (Å²) in [7, 11) is 0. The quantitative estimate of drug-likeness (QED) is 0.436. The average Bonchev–Trinajstić information content (AvgIpc) is 3.22. The van der Waals surface area contributed by atoms with E-state index in [1.54, 1.807) is 17.6 Å². The maximum atomic E-state index is 12.6. The molecule has 1 fully saturated rings. The van der Waals surface area contributed by atoms with Crippen LogP contribution >= 0.6 is 0 Å². The molecule has 2 heterocycles. The van der Waals surface area contributed by atoms with E-state index >= 15 is 0 Å². The number of ether oxygens (including phenoxy) is 1. The first-order valence-electron chi connectivity index (χ1n) is 10.2. The van der Waals surface area contributed by atoms with Crippen LogP contribution in [-0.2, 0) is 16.0 Å². The van der Waals surface area contributed by atoms with Crippen LogP contribution in [0, 0.1) is 19.8 Å². The monoisotopic (exact) mass is 419 g/mol. The van der Waals surface area contributed by atoms with E-state index in [9.17, 15) is 9.59 Å². The first-order valence-corrected chi connectivity index (χ1v) is 10.2. The van der Waals surface area contributed by atoms with Crippen LogP contribution < -0.4 is 10.8 Å². The highest BCUT2D eigenvalue weighted by atomic mass is 16.5. The van der Waals surface area contributed by atoms with Gasteiger partial charge in [-0.2, -0.15) is 0 Å². The molecule has 160 valence electrons. The molecular formula is C24H25N3O4. The molecule has 0 aliphatic carbocycles. The van der Waals surface area contributed by atoms with Crippen molar-refractivity contribution in [2.24, 2.45) is 5.92 Å². The third kappa shape index (κ3) is 4.42. The standard InChI is InChI=1S/C24H25N3O4/c1-14-4-3-5-19-18(10-15(2)25-22(14)19)11-16-6-8-17(9-7-16)23(28)26-21-13-31-12-20(21)24(29)27-30/h3-10,20-21,30H,11-13H2,1-2H3,(H,26,28)(H,27,29)/t20-,21+/m0/s1. The highest BCUT2D eigenvalue weighted by Gasteiger charge is 2.35. The van der Waals surface area contributed by atoms with Gasteiger partial charge in [0.25, 0.3) is 11.8 Å². The molecule has 0 radical (unpaired) electrons. The fourth-order valence-corrected chi connectivity index (χ4v) is 4.03. The number of rotatable bonds is 5. The summed E-state index contributed by atoms with van der Waals surface area (Å²) >= 11 is 0. The van der Waals surface area contributed by atoms with Gasteiger partial charge in [0.1, 0.15) is 0 Å². The summed E-state index contributed by atoms with van der Waals surface area (Å²) in [6, 6.07) is 15.3. The predicted octanol–water partition coefficient (Wildman–Crippen LogP) is 2.69. The van der Waals surface area contributed by atoms with Crippen molar-refractivity contribution < 1.29 is 19.5 Å². The molecule has 3 aromatic rings. The minimum atomic E-state index is -0.611. The zero-order valence-electron chi connectivity index (χ0n) is 17.5. The molecule has 0 spiro atoms. The first kappa shape index (κ1) is 21.0. The van der Waals surface area contributed by atoms with Crippen LogP contribution in [0.2, 0.25) is 0 Å².